The topological polar surface area (TPSA) is 60.2 Å². The first-order valence-corrected chi connectivity index (χ1v) is 6.20. The van der Waals surface area contributed by atoms with Crippen LogP contribution in [0.15, 0.2) is 30.1 Å². The molecule has 0 N–H and O–H groups in total. The van der Waals surface area contributed by atoms with E-state index >= 15 is 0 Å². The molecule has 0 atom stereocenters. The van der Waals surface area contributed by atoms with Crippen LogP contribution in [0.1, 0.15) is 5.56 Å². The molecule has 0 aromatic carbocycles. The van der Waals surface area contributed by atoms with Gasteiger partial charge in [0.1, 0.15) is 11.6 Å². The summed E-state index contributed by atoms with van der Waals surface area (Å²) in [5.74, 6) is -0.195. The average Bonchev–Trinajstić information content (AvgIpc) is 2.46. The quantitative estimate of drug-likeness (QED) is 0.579. The van der Waals surface area contributed by atoms with Gasteiger partial charge in [-0.15, -0.1) is 0 Å². The van der Waals surface area contributed by atoms with Crippen LogP contribution < -0.4 is 0 Å². The lowest BCUT2D eigenvalue weighted by molar-refractivity contribution is -0.128. The van der Waals surface area contributed by atoms with Gasteiger partial charge < -0.3 is 9.80 Å². The number of piperazine rings is 1. The molecule has 1 fully saturated rings. The molecule has 0 unspecified atom stereocenters. The van der Waals surface area contributed by atoms with Crippen LogP contribution in [0.2, 0.25) is 0 Å². The molecule has 1 aromatic heterocycles. The number of pyridine rings is 1. The van der Waals surface area contributed by atoms with E-state index in [9.17, 15) is 4.79 Å². The molecule has 5 nitrogen and oxygen atoms in total. The van der Waals surface area contributed by atoms with E-state index in [-0.39, 0.29) is 11.5 Å². The first kappa shape index (κ1) is 13.2. The maximum absolute atomic E-state index is 12.2. The lowest BCUT2D eigenvalue weighted by atomic mass is 10.1. The molecular formula is C14H16N4O. The van der Waals surface area contributed by atoms with Crippen molar-refractivity contribution in [3.63, 3.8) is 0 Å². The van der Waals surface area contributed by atoms with Crippen LogP contribution in [0.5, 0.6) is 0 Å². The summed E-state index contributed by atoms with van der Waals surface area (Å²) in [6.45, 7) is 3.03. The van der Waals surface area contributed by atoms with Crippen LogP contribution in [0.3, 0.4) is 0 Å². The molecule has 1 saturated heterocycles. The summed E-state index contributed by atoms with van der Waals surface area (Å²) >= 11 is 0. The zero-order valence-corrected chi connectivity index (χ0v) is 10.9. The number of carbonyl (C=O) groups is 1. The molecule has 5 heteroatoms. The van der Waals surface area contributed by atoms with E-state index in [1.54, 1.807) is 29.4 Å². The fourth-order valence-electron chi connectivity index (χ4n) is 1.95. The molecule has 1 aliphatic heterocycles. The molecule has 0 radical (unpaired) electrons. The highest BCUT2D eigenvalue weighted by Gasteiger charge is 2.21. The number of hydrogen-bond donors (Lipinski definition) is 0. The molecule has 0 saturated carbocycles. The van der Waals surface area contributed by atoms with Crippen LogP contribution in [-0.2, 0) is 4.79 Å². The van der Waals surface area contributed by atoms with Gasteiger partial charge in [-0.25, -0.2) is 0 Å². The average molecular weight is 256 g/mol. The highest BCUT2D eigenvalue weighted by molar-refractivity contribution is 6.01. The normalized spacial score (nSPS) is 17.1. The van der Waals surface area contributed by atoms with Crippen LogP contribution in [0.4, 0.5) is 0 Å². The van der Waals surface area contributed by atoms with Gasteiger partial charge in [0.2, 0.25) is 0 Å². The summed E-state index contributed by atoms with van der Waals surface area (Å²) < 4.78 is 0. The summed E-state index contributed by atoms with van der Waals surface area (Å²) in [7, 11) is 2.03. The number of rotatable bonds is 2. The van der Waals surface area contributed by atoms with E-state index in [1.165, 1.54) is 0 Å². The van der Waals surface area contributed by atoms with Crippen molar-refractivity contribution in [3.05, 3.63) is 35.7 Å². The fraction of sp³-hybridized carbons (Fsp3) is 0.357. The van der Waals surface area contributed by atoms with Gasteiger partial charge in [-0.2, -0.15) is 5.26 Å². The lowest BCUT2D eigenvalue weighted by Crippen LogP contribution is -2.47. The Morgan fingerprint density at radius 1 is 1.42 bits per heavy atom. The third kappa shape index (κ3) is 3.39. The number of nitriles is 1. The minimum atomic E-state index is -0.195. The Morgan fingerprint density at radius 2 is 2.16 bits per heavy atom. The zero-order chi connectivity index (χ0) is 13.7. The van der Waals surface area contributed by atoms with Crippen molar-refractivity contribution in [1.82, 2.24) is 14.8 Å². The molecular weight excluding hydrogens is 240 g/mol. The molecule has 0 aliphatic carbocycles. The van der Waals surface area contributed by atoms with Gasteiger partial charge in [-0.05, 0) is 24.8 Å². The third-order valence-corrected chi connectivity index (χ3v) is 3.14. The van der Waals surface area contributed by atoms with Crippen molar-refractivity contribution in [2.75, 3.05) is 33.2 Å². The smallest absolute Gasteiger partial charge is 0.264 e. The monoisotopic (exact) mass is 256 g/mol. The van der Waals surface area contributed by atoms with Gasteiger partial charge in [-0.3, -0.25) is 9.78 Å². The van der Waals surface area contributed by atoms with E-state index in [1.807, 2.05) is 19.2 Å². The second kappa shape index (κ2) is 6.12. The van der Waals surface area contributed by atoms with Crippen LogP contribution >= 0.6 is 0 Å². The van der Waals surface area contributed by atoms with E-state index in [2.05, 4.69) is 9.88 Å². The molecule has 0 spiro atoms. The van der Waals surface area contributed by atoms with Crippen molar-refractivity contribution >= 4 is 12.0 Å². The maximum Gasteiger partial charge on any atom is 0.264 e. The van der Waals surface area contributed by atoms with Crippen molar-refractivity contribution < 1.29 is 4.79 Å². The molecule has 2 rings (SSSR count). The van der Waals surface area contributed by atoms with Crippen LogP contribution in [0, 0.1) is 11.3 Å². The summed E-state index contributed by atoms with van der Waals surface area (Å²) in [4.78, 5) is 20.1. The standard InChI is InChI=1S/C14H16N4O/c1-17-5-7-18(8-6-17)14(19)13(10-15)9-12-3-2-4-16-11-12/h2-4,9,11H,5-8H2,1H3/b13-9+. The summed E-state index contributed by atoms with van der Waals surface area (Å²) in [5.41, 5.74) is 0.930. The highest BCUT2D eigenvalue weighted by atomic mass is 16.2. The zero-order valence-electron chi connectivity index (χ0n) is 10.9. The van der Waals surface area contributed by atoms with Gasteiger partial charge >= 0.3 is 0 Å². The molecule has 0 bridgehead atoms. The number of hydrogen-bond acceptors (Lipinski definition) is 4. The van der Waals surface area contributed by atoms with E-state index in [4.69, 9.17) is 5.26 Å². The Balaban J connectivity index is 2.12. The van der Waals surface area contributed by atoms with Crippen molar-refractivity contribution in [3.8, 4) is 6.07 Å². The molecule has 2 heterocycles. The van der Waals surface area contributed by atoms with Crippen LogP contribution in [-0.4, -0.2) is 53.9 Å². The minimum absolute atomic E-state index is 0.164. The van der Waals surface area contributed by atoms with Gasteiger partial charge in [-0.1, -0.05) is 6.07 Å². The number of carbonyl (C=O) groups excluding carboxylic acids is 1. The van der Waals surface area contributed by atoms with Crippen molar-refractivity contribution in [1.29, 1.82) is 5.26 Å². The van der Waals surface area contributed by atoms with E-state index in [0.717, 1.165) is 18.7 Å². The van der Waals surface area contributed by atoms with Gasteiger partial charge in [0.15, 0.2) is 0 Å². The molecule has 19 heavy (non-hydrogen) atoms. The third-order valence-electron chi connectivity index (χ3n) is 3.14. The first-order valence-electron chi connectivity index (χ1n) is 6.20. The highest BCUT2D eigenvalue weighted by Crippen LogP contribution is 2.10. The van der Waals surface area contributed by atoms with E-state index < -0.39 is 0 Å². The number of amides is 1. The predicted molar refractivity (Wildman–Crippen MR) is 71.9 cm³/mol. The molecule has 1 amide bonds. The first-order chi connectivity index (χ1) is 9.20. The Labute approximate surface area is 112 Å². The summed E-state index contributed by atoms with van der Waals surface area (Å²) in [6, 6.07) is 5.59. The second-order valence-corrected chi connectivity index (χ2v) is 4.55. The predicted octanol–water partition coefficient (Wildman–Crippen LogP) is 0.763. The van der Waals surface area contributed by atoms with E-state index in [0.29, 0.717) is 13.1 Å². The Kier molecular flexibility index (Phi) is 4.26. The number of nitrogens with zero attached hydrogens (tertiary/aromatic N) is 4. The lowest BCUT2D eigenvalue weighted by Gasteiger charge is -2.32. The Hall–Kier alpha value is -2.19. The van der Waals surface area contributed by atoms with Crippen molar-refractivity contribution in [2.45, 2.75) is 0 Å². The van der Waals surface area contributed by atoms with Crippen LogP contribution in [0.25, 0.3) is 6.08 Å². The molecule has 98 valence electrons. The minimum Gasteiger partial charge on any atom is -0.335 e. The Morgan fingerprint density at radius 3 is 2.74 bits per heavy atom. The molecule has 1 aliphatic rings. The maximum atomic E-state index is 12.2. The van der Waals surface area contributed by atoms with Gasteiger partial charge in [0.05, 0.1) is 0 Å². The summed E-state index contributed by atoms with van der Waals surface area (Å²) in [6.07, 6.45) is 4.88. The van der Waals surface area contributed by atoms with Gasteiger partial charge in [0, 0.05) is 38.6 Å². The Bertz CT molecular complexity index is 510. The SMILES string of the molecule is CN1CCN(C(=O)/C(C#N)=C/c2cccnc2)CC1. The van der Waals surface area contributed by atoms with Gasteiger partial charge in [0.25, 0.3) is 5.91 Å². The fourth-order valence-corrected chi connectivity index (χ4v) is 1.95. The second-order valence-electron chi connectivity index (χ2n) is 4.55. The number of likely N-dealkylation sites (N-methyl/N-ethyl adjacent to an activating group) is 1. The summed E-state index contributed by atoms with van der Waals surface area (Å²) in [5, 5.41) is 9.14. The van der Waals surface area contributed by atoms with Crippen molar-refractivity contribution in [2.24, 2.45) is 0 Å². The largest absolute Gasteiger partial charge is 0.335 e. The molecule has 1 aromatic rings. The number of aromatic nitrogens is 1.